The summed E-state index contributed by atoms with van der Waals surface area (Å²) in [6.07, 6.45) is 3.43. The molecule has 0 radical (unpaired) electrons. The number of hydrogen-bond acceptors (Lipinski definition) is 5. The zero-order valence-corrected chi connectivity index (χ0v) is 15.9. The molecule has 1 saturated carbocycles. The van der Waals surface area contributed by atoms with Gasteiger partial charge >= 0.3 is 5.97 Å². The van der Waals surface area contributed by atoms with Crippen molar-refractivity contribution in [2.24, 2.45) is 0 Å². The number of nitrogens with zero attached hydrogens (tertiary/aromatic N) is 1. The number of nitrogens with one attached hydrogen (secondary N) is 1. The van der Waals surface area contributed by atoms with Crippen LogP contribution in [0.15, 0.2) is 30.6 Å². The normalized spacial score (nSPS) is 19.8. The molecule has 0 spiro atoms. The van der Waals surface area contributed by atoms with Gasteiger partial charge in [0, 0.05) is 3.57 Å². The highest BCUT2D eigenvalue weighted by molar-refractivity contribution is 14.1. The maximum absolute atomic E-state index is 14.3. The van der Waals surface area contributed by atoms with Crippen LogP contribution in [0.1, 0.15) is 36.0 Å². The van der Waals surface area contributed by atoms with Gasteiger partial charge in [0.05, 0.1) is 29.9 Å². The number of esters is 1. The lowest BCUT2D eigenvalue weighted by molar-refractivity contribution is -0.0362. The van der Waals surface area contributed by atoms with E-state index in [0.717, 1.165) is 19.0 Å². The number of pyridine rings is 1. The summed E-state index contributed by atoms with van der Waals surface area (Å²) < 4.78 is 34.3. The molecule has 1 aliphatic carbocycles. The summed E-state index contributed by atoms with van der Waals surface area (Å²) in [5.41, 5.74) is -0.277. The van der Waals surface area contributed by atoms with E-state index in [1.54, 1.807) is 6.07 Å². The van der Waals surface area contributed by atoms with E-state index in [2.05, 4.69) is 10.3 Å². The quantitative estimate of drug-likeness (QED) is 0.515. The van der Waals surface area contributed by atoms with Crippen LogP contribution in [-0.2, 0) is 4.74 Å². The van der Waals surface area contributed by atoms with Gasteiger partial charge in [-0.1, -0.05) is 6.42 Å². The Labute approximate surface area is 162 Å². The monoisotopic (exact) mass is 474 g/mol. The molecule has 138 valence electrons. The molecule has 2 aromatic rings. The molecule has 0 bridgehead atoms. The van der Waals surface area contributed by atoms with E-state index < -0.39 is 29.8 Å². The molecule has 3 rings (SSSR count). The minimum Gasteiger partial charge on any atom is -0.456 e. The van der Waals surface area contributed by atoms with Crippen molar-refractivity contribution in [2.45, 2.75) is 37.9 Å². The Morgan fingerprint density at radius 3 is 2.69 bits per heavy atom. The van der Waals surface area contributed by atoms with Gasteiger partial charge in [-0.3, -0.25) is 4.98 Å². The number of hydrogen-bond donors (Lipinski definition) is 2. The Morgan fingerprint density at radius 2 is 1.96 bits per heavy atom. The first-order valence-electron chi connectivity index (χ1n) is 8.20. The summed E-state index contributed by atoms with van der Waals surface area (Å²) in [7, 11) is 0. The molecule has 5 nitrogen and oxygen atoms in total. The van der Waals surface area contributed by atoms with E-state index in [1.807, 2.05) is 22.6 Å². The van der Waals surface area contributed by atoms with Crippen LogP contribution in [0.2, 0.25) is 0 Å². The molecule has 0 amide bonds. The van der Waals surface area contributed by atoms with Crippen molar-refractivity contribution in [1.82, 2.24) is 4.98 Å². The van der Waals surface area contributed by atoms with Gasteiger partial charge in [-0.05, 0) is 60.1 Å². The second-order valence-electron chi connectivity index (χ2n) is 6.09. The first-order chi connectivity index (χ1) is 12.5. The lowest BCUT2D eigenvalue weighted by atomic mass is 9.95. The summed E-state index contributed by atoms with van der Waals surface area (Å²) in [6.45, 7) is 0. The van der Waals surface area contributed by atoms with E-state index in [9.17, 15) is 18.7 Å². The molecule has 1 aromatic heterocycles. The van der Waals surface area contributed by atoms with Gasteiger partial charge < -0.3 is 15.2 Å². The van der Waals surface area contributed by atoms with Crippen molar-refractivity contribution < 1.29 is 23.4 Å². The van der Waals surface area contributed by atoms with Crippen molar-refractivity contribution in [3.05, 3.63) is 51.4 Å². The summed E-state index contributed by atoms with van der Waals surface area (Å²) in [5.74, 6) is -2.33. The third kappa shape index (κ3) is 4.29. The van der Waals surface area contributed by atoms with E-state index in [0.29, 0.717) is 16.4 Å². The van der Waals surface area contributed by atoms with Crippen LogP contribution < -0.4 is 5.32 Å². The van der Waals surface area contributed by atoms with Crippen LogP contribution in [0.25, 0.3) is 0 Å². The summed E-state index contributed by atoms with van der Waals surface area (Å²) >= 11 is 1.97. The minimum absolute atomic E-state index is 0.000377. The Hall–Kier alpha value is -1.81. The van der Waals surface area contributed by atoms with Gasteiger partial charge in [0.15, 0.2) is 5.82 Å². The predicted octanol–water partition coefficient (Wildman–Crippen LogP) is 4.17. The highest BCUT2D eigenvalue weighted by Crippen LogP contribution is 2.28. The summed E-state index contributed by atoms with van der Waals surface area (Å²) in [6, 6.07) is 4.48. The number of benzene rings is 1. The molecule has 2 N–H and O–H groups in total. The largest absolute Gasteiger partial charge is 0.456 e. The van der Waals surface area contributed by atoms with Crippen LogP contribution in [-0.4, -0.2) is 28.3 Å². The van der Waals surface area contributed by atoms with Crippen molar-refractivity contribution >= 4 is 39.9 Å². The number of ether oxygens (including phenoxy) is 1. The van der Waals surface area contributed by atoms with E-state index in [4.69, 9.17) is 4.74 Å². The zero-order valence-electron chi connectivity index (χ0n) is 13.7. The standard InChI is InChI=1S/C18H17F2IN2O3/c19-11-7-10(21)5-6-13(11)23-14-9-22-8-12(20)17(14)18(25)26-16-4-2-1-3-15(16)24/h5-9,15-16,23-24H,1-4H2/t15-,16+/m0/s1. The van der Waals surface area contributed by atoms with Gasteiger partial charge in [0.2, 0.25) is 0 Å². The fraction of sp³-hybridized carbons (Fsp3) is 0.333. The number of aliphatic hydroxyl groups is 1. The maximum Gasteiger partial charge on any atom is 0.343 e. The van der Waals surface area contributed by atoms with E-state index in [1.165, 1.54) is 18.3 Å². The van der Waals surface area contributed by atoms with Gasteiger partial charge in [-0.2, -0.15) is 0 Å². The van der Waals surface area contributed by atoms with Crippen LogP contribution >= 0.6 is 22.6 Å². The Balaban J connectivity index is 1.86. The molecule has 26 heavy (non-hydrogen) atoms. The average Bonchev–Trinajstić information content (AvgIpc) is 2.59. The van der Waals surface area contributed by atoms with Crippen LogP contribution in [0.4, 0.5) is 20.2 Å². The van der Waals surface area contributed by atoms with Crippen LogP contribution in [0, 0.1) is 15.2 Å². The van der Waals surface area contributed by atoms with E-state index in [-0.39, 0.29) is 16.9 Å². The van der Waals surface area contributed by atoms with E-state index >= 15 is 0 Å². The smallest absolute Gasteiger partial charge is 0.343 e. The van der Waals surface area contributed by atoms with Gasteiger partial charge in [-0.25, -0.2) is 13.6 Å². The molecule has 1 aliphatic rings. The SMILES string of the molecule is O=C(O[C@@H]1CCCC[C@@H]1O)c1c(F)cncc1Nc1ccc(I)cc1F. The molecular formula is C18H17F2IN2O3. The van der Waals surface area contributed by atoms with Crippen molar-refractivity contribution in [3.63, 3.8) is 0 Å². The summed E-state index contributed by atoms with van der Waals surface area (Å²) in [5, 5.41) is 12.6. The number of halogens is 3. The number of carbonyl (C=O) groups excluding carboxylic acids is 1. The number of anilines is 2. The third-order valence-electron chi connectivity index (χ3n) is 4.23. The number of aliphatic hydroxyl groups excluding tert-OH is 1. The summed E-state index contributed by atoms with van der Waals surface area (Å²) in [4.78, 5) is 16.2. The number of carbonyl (C=O) groups is 1. The highest BCUT2D eigenvalue weighted by atomic mass is 127. The lowest BCUT2D eigenvalue weighted by Crippen LogP contribution is -2.34. The molecule has 2 atom stereocenters. The van der Waals surface area contributed by atoms with Crippen molar-refractivity contribution in [3.8, 4) is 0 Å². The first kappa shape index (κ1) is 19.0. The molecular weight excluding hydrogens is 457 g/mol. The van der Waals surface area contributed by atoms with Crippen LogP contribution in [0.3, 0.4) is 0 Å². The van der Waals surface area contributed by atoms with Gasteiger partial charge in [0.1, 0.15) is 17.5 Å². The van der Waals surface area contributed by atoms with Crippen molar-refractivity contribution in [1.29, 1.82) is 0 Å². The minimum atomic E-state index is -0.913. The van der Waals surface area contributed by atoms with Gasteiger partial charge in [0.25, 0.3) is 0 Å². The molecule has 0 unspecified atom stereocenters. The topological polar surface area (TPSA) is 71.5 Å². The number of rotatable bonds is 4. The molecule has 0 aliphatic heterocycles. The molecule has 1 aromatic carbocycles. The maximum atomic E-state index is 14.3. The lowest BCUT2D eigenvalue weighted by Gasteiger charge is -2.27. The Kier molecular flexibility index (Phi) is 6.02. The fourth-order valence-electron chi connectivity index (χ4n) is 2.88. The number of aromatic nitrogens is 1. The highest BCUT2D eigenvalue weighted by Gasteiger charge is 2.29. The molecule has 0 saturated heterocycles. The Bertz CT molecular complexity index is 819. The average molecular weight is 474 g/mol. The predicted molar refractivity (Wildman–Crippen MR) is 100 cm³/mol. The molecule has 1 fully saturated rings. The molecule has 8 heteroatoms. The first-order valence-corrected chi connectivity index (χ1v) is 9.28. The van der Waals surface area contributed by atoms with Crippen molar-refractivity contribution in [2.75, 3.05) is 5.32 Å². The fourth-order valence-corrected chi connectivity index (χ4v) is 3.34. The third-order valence-corrected chi connectivity index (χ3v) is 4.90. The van der Waals surface area contributed by atoms with Crippen LogP contribution in [0.5, 0.6) is 0 Å². The Morgan fingerprint density at radius 1 is 1.19 bits per heavy atom. The molecule has 1 heterocycles. The zero-order chi connectivity index (χ0) is 18.7. The second-order valence-corrected chi connectivity index (χ2v) is 7.33. The van der Waals surface area contributed by atoms with Gasteiger partial charge in [-0.15, -0.1) is 0 Å². The second kappa shape index (κ2) is 8.26.